The minimum atomic E-state index is 0. The molecular formula is C54H71Cl2N3PRu+. The average Bonchev–Trinajstić information content (AvgIpc) is 3.90. The van der Waals surface area contributed by atoms with E-state index in [0.29, 0.717) is 7.92 Å². The number of anilines is 2. The second-order valence-corrected chi connectivity index (χ2v) is 21.0. The van der Waals surface area contributed by atoms with Crippen LogP contribution in [0, 0.1) is 20.8 Å². The summed E-state index contributed by atoms with van der Waals surface area (Å²) in [5.41, 5.74) is 17.3. The van der Waals surface area contributed by atoms with Crippen molar-refractivity contribution in [1.29, 1.82) is 0 Å². The molecule has 0 aromatic heterocycles. The number of fused-ring (bicyclic) bond motifs is 1. The van der Waals surface area contributed by atoms with Crippen molar-refractivity contribution in [3.8, 4) is 0 Å². The summed E-state index contributed by atoms with van der Waals surface area (Å²) in [4.78, 5) is 4.46. The molecule has 5 aliphatic rings. The van der Waals surface area contributed by atoms with E-state index < -0.39 is 0 Å². The van der Waals surface area contributed by atoms with Crippen LogP contribution in [0.1, 0.15) is 124 Å². The number of allylic oxidation sites excluding steroid dienone is 1. The van der Waals surface area contributed by atoms with Crippen LogP contribution in [-0.4, -0.2) is 55.1 Å². The van der Waals surface area contributed by atoms with Gasteiger partial charge >= 0.3 is 25.8 Å². The maximum atomic E-state index is 3.57. The van der Waals surface area contributed by atoms with E-state index in [4.69, 9.17) is 0 Å². The van der Waals surface area contributed by atoms with Crippen molar-refractivity contribution < 1.29 is 36.5 Å². The molecule has 9 rings (SSSR count). The molecule has 0 bridgehead atoms. The minimum absolute atomic E-state index is 0. The first-order chi connectivity index (χ1) is 28.4. The monoisotopic (exact) mass is 964 g/mol. The van der Waals surface area contributed by atoms with Gasteiger partial charge in [-0.25, -0.2) is 9.48 Å². The molecular weight excluding hydrogens is 894 g/mol. The van der Waals surface area contributed by atoms with Gasteiger partial charge in [0, 0.05) is 30.6 Å². The molecule has 0 amide bonds. The first-order valence-corrected chi connectivity index (χ1v) is 24.4. The van der Waals surface area contributed by atoms with Gasteiger partial charge in [-0.15, -0.1) is 18.1 Å². The Morgan fingerprint density at radius 3 is 1.74 bits per heavy atom. The summed E-state index contributed by atoms with van der Waals surface area (Å²) in [7, 11) is 4.58. The van der Waals surface area contributed by atoms with Gasteiger partial charge in [0.2, 0.25) is 0 Å². The fourth-order valence-corrected chi connectivity index (χ4v) is 15.3. The number of hydrogen-bond donors (Lipinski definition) is 0. The molecule has 4 aromatic rings. The molecule has 7 heteroatoms. The molecule has 3 fully saturated rings. The van der Waals surface area contributed by atoms with Crippen LogP contribution in [0.3, 0.4) is 0 Å². The van der Waals surface area contributed by atoms with Gasteiger partial charge in [-0.3, -0.25) is 0 Å². The van der Waals surface area contributed by atoms with E-state index in [2.05, 4.69) is 146 Å². The van der Waals surface area contributed by atoms with Crippen LogP contribution in [0.4, 0.5) is 11.4 Å². The quantitative estimate of drug-likeness (QED) is 0.0991. The van der Waals surface area contributed by atoms with Crippen molar-refractivity contribution in [2.45, 2.75) is 141 Å². The molecule has 4 aliphatic carbocycles. The molecule has 1 heterocycles. The van der Waals surface area contributed by atoms with Gasteiger partial charge in [-0.1, -0.05) is 150 Å². The van der Waals surface area contributed by atoms with Crippen molar-refractivity contribution in [2.24, 2.45) is 0 Å². The Hall–Kier alpha value is -2.70. The third-order valence-corrected chi connectivity index (χ3v) is 17.3. The summed E-state index contributed by atoms with van der Waals surface area (Å²) in [6.07, 6.45) is 29.3. The largest absolute Gasteiger partial charge is 1.00 e. The SMILES string of the molecule is C1=CC(c2ccccc2)=c2ccccc2=1.C1CCC(P(C2CCCCC2)C2CCCCC2)CC1.Cc1cc(C)c(N2[C]=[N+](Cc3ccccc3N(C)C)CC2)c(C)c1.Cl.[Cl-].[Ru+]. The zero-order chi connectivity index (χ0) is 40.3. The molecule has 61 heavy (non-hydrogen) atoms. The first-order valence-electron chi connectivity index (χ1n) is 22.9. The Labute approximate surface area is 396 Å². The fourth-order valence-electron chi connectivity index (χ4n) is 10.6. The molecule has 328 valence electrons. The molecule has 0 unspecified atom stereocenters. The predicted molar refractivity (Wildman–Crippen MR) is 260 cm³/mol. The molecule has 0 atom stereocenters. The van der Waals surface area contributed by atoms with E-state index >= 15 is 0 Å². The number of nitrogens with zero attached hydrogens (tertiary/aromatic N) is 3. The number of halogens is 2. The molecule has 1 aliphatic heterocycles. The van der Waals surface area contributed by atoms with E-state index in [-0.39, 0.29) is 44.3 Å². The third-order valence-electron chi connectivity index (χ3n) is 13.3. The van der Waals surface area contributed by atoms with E-state index in [1.807, 2.05) is 12.1 Å². The van der Waals surface area contributed by atoms with Crippen molar-refractivity contribution in [3.63, 3.8) is 0 Å². The molecule has 4 aromatic carbocycles. The zero-order valence-corrected chi connectivity index (χ0v) is 41.8. The Morgan fingerprint density at radius 1 is 0.672 bits per heavy atom. The predicted octanol–water partition coefficient (Wildman–Crippen LogP) is 9.34. The van der Waals surface area contributed by atoms with Crippen molar-refractivity contribution in [1.82, 2.24) is 0 Å². The molecule has 3 saturated carbocycles. The van der Waals surface area contributed by atoms with Gasteiger partial charge in [0.25, 0.3) is 0 Å². The number of aryl methyl sites for hydroxylation is 3. The van der Waals surface area contributed by atoms with Gasteiger partial charge in [-0.05, 0) is 122 Å². The second-order valence-electron chi connectivity index (χ2n) is 17.9. The summed E-state index contributed by atoms with van der Waals surface area (Å²) >= 11 is 0. The minimum Gasteiger partial charge on any atom is -1.00 e. The van der Waals surface area contributed by atoms with Crippen LogP contribution < -0.4 is 32.6 Å². The summed E-state index contributed by atoms with van der Waals surface area (Å²) < 4.78 is 2.29. The molecule has 0 saturated heterocycles. The normalized spacial score (nSPS) is 17.6. The Bertz CT molecular complexity index is 2080. The standard InChI is InChI=1S/C21H27N3.C18H33P.C15H10.2ClH.Ru/c1-16-12-17(2)21(18(3)13-16)24-11-10-23(15-24)14-19-8-6-7-9-20(19)22(4)5;1-4-10-16(11-5-1)19(17-12-6-2-7-13-17)18-14-8-3-9-15-18;1-2-6-12(7-3-1)15-11-10-13-8-4-5-9-14(13)15;;;/h6-9,12-13H,10-11,14H2,1-5H3;16-18H,1-15H2;1-9,11H;2*1H;/q+1;;;;;+1/p-1. The van der Waals surface area contributed by atoms with E-state index in [0.717, 1.165) is 19.6 Å². The zero-order valence-electron chi connectivity index (χ0n) is 37.6. The fraction of sp³-hybridized carbons (Fsp3) is 0.481. The van der Waals surface area contributed by atoms with E-state index in [1.54, 1.807) is 77.0 Å². The van der Waals surface area contributed by atoms with Gasteiger partial charge in [-0.2, -0.15) is 0 Å². The van der Waals surface area contributed by atoms with Gasteiger partial charge in [0.05, 0.1) is 0 Å². The maximum Gasteiger partial charge on any atom is 1.00 e. The van der Waals surface area contributed by atoms with Gasteiger partial charge in [0.15, 0.2) is 0 Å². The van der Waals surface area contributed by atoms with Gasteiger partial charge < -0.3 is 17.3 Å². The van der Waals surface area contributed by atoms with Crippen molar-refractivity contribution in [3.05, 3.63) is 135 Å². The van der Waals surface area contributed by atoms with Crippen molar-refractivity contribution in [2.75, 3.05) is 37.0 Å². The van der Waals surface area contributed by atoms with Crippen molar-refractivity contribution >= 4 is 49.3 Å². The Balaban J connectivity index is 0.000000201. The summed E-state index contributed by atoms with van der Waals surface area (Å²) in [5, 5.41) is 2.47. The van der Waals surface area contributed by atoms with Crippen LogP contribution in [0.5, 0.6) is 0 Å². The van der Waals surface area contributed by atoms with E-state index in [1.165, 1.54) is 91.4 Å². The second kappa shape index (κ2) is 25.6. The first kappa shape index (κ1) is 50.9. The van der Waals surface area contributed by atoms with E-state index in [9.17, 15) is 0 Å². The number of benzene rings is 4. The molecule has 2 radical (unpaired) electrons. The van der Waals surface area contributed by atoms with Crippen LogP contribution in [-0.2, 0) is 26.0 Å². The molecule has 0 N–H and O–H groups in total. The third kappa shape index (κ3) is 13.7. The molecule has 3 nitrogen and oxygen atoms in total. The number of hydrogen-bond acceptors (Lipinski definition) is 2. The van der Waals surface area contributed by atoms with Gasteiger partial charge in [0.1, 0.15) is 25.3 Å². The molecule has 0 spiro atoms. The Morgan fingerprint density at radius 2 is 1.18 bits per heavy atom. The number of para-hydroxylation sites is 1. The topological polar surface area (TPSA) is 9.49 Å². The van der Waals surface area contributed by atoms with Crippen LogP contribution in [0.2, 0.25) is 0 Å². The van der Waals surface area contributed by atoms with Crippen LogP contribution in [0.15, 0.2) is 97.1 Å². The van der Waals surface area contributed by atoms with Crippen LogP contribution >= 0.6 is 20.3 Å². The smallest absolute Gasteiger partial charge is 1.00 e. The average molecular weight is 965 g/mol. The summed E-state index contributed by atoms with van der Waals surface area (Å²) in [5.74, 6) is 0. The summed E-state index contributed by atoms with van der Waals surface area (Å²) in [6.45, 7) is 9.45. The number of rotatable bonds is 8. The summed E-state index contributed by atoms with van der Waals surface area (Å²) in [6, 6.07) is 31.9. The Kier molecular flexibility index (Phi) is 21.3. The van der Waals surface area contributed by atoms with Crippen LogP contribution in [0.25, 0.3) is 11.3 Å². The maximum absolute atomic E-state index is 3.57.